The van der Waals surface area contributed by atoms with Gasteiger partial charge in [0, 0.05) is 19.6 Å². The fraction of sp³-hybridized carbons (Fsp3) is 0.952. The second kappa shape index (κ2) is 15.6. The zero-order valence-electron chi connectivity index (χ0n) is 17.4. The standard InChI is InChI=1S/C21H44N2O2/c1-5-6-7-8-9-10-11-12-13-14-16-21(2,3)25-20(24)15-18-23(4)19-17-22/h5-19,22H2,1-4H3. The molecule has 0 spiro atoms. The highest BCUT2D eigenvalue weighted by atomic mass is 16.6. The molecule has 0 aliphatic heterocycles. The molecule has 0 radical (unpaired) electrons. The van der Waals surface area contributed by atoms with Gasteiger partial charge in [0.15, 0.2) is 0 Å². The van der Waals surface area contributed by atoms with E-state index in [1.807, 2.05) is 20.9 Å². The van der Waals surface area contributed by atoms with E-state index in [1.165, 1.54) is 57.8 Å². The summed E-state index contributed by atoms with van der Waals surface area (Å²) in [6.07, 6.45) is 14.7. The number of carbonyl (C=O) groups is 1. The second-order valence-electron chi connectivity index (χ2n) is 8.01. The average Bonchev–Trinajstić information content (AvgIpc) is 2.54. The van der Waals surface area contributed by atoms with Gasteiger partial charge in [0.1, 0.15) is 5.60 Å². The average molecular weight is 357 g/mol. The van der Waals surface area contributed by atoms with Crippen LogP contribution in [0.3, 0.4) is 0 Å². The van der Waals surface area contributed by atoms with Crippen LogP contribution in [0.4, 0.5) is 0 Å². The van der Waals surface area contributed by atoms with Crippen LogP contribution in [-0.4, -0.2) is 43.2 Å². The molecular weight excluding hydrogens is 312 g/mol. The van der Waals surface area contributed by atoms with Gasteiger partial charge < -0.3 is 15.4 Å². The lowest BCUT2D eigenvalue weighted by atomic mass is 9.99. The maximum atomic E-state index is 12.0. The maximum absolute atomic E-state index is 12.0. The van der Waals surface area contributed by atoms with Crippen LogP contribution in [0.5, 0.6) is 0 Å². The lowest BCUT2D eigenvalue weighted by Crippen LogP contribution is -2.31. The first kappa shape index (κ1) is 24.4. The molecule has 0 aromatic heterocycles. The van der Waals surface area contributed by atoms with Crippen LogP contribution in [0.25, 0.3) is 0 Å². The minimum atomic E-state index is -0.344. The van der Waals surface area contributed by atoms with Gasteiger partial charge in [-0.05, 0) is 33.7 Å². The van der Waals surface area contributed by atoms with Crippen molar-refractivity contribution in [1.82, 2.24) is 4.90 Å². The normalized spacial score (nSPS) is 11.9. The van der Waals surface area contributed by atoms with Crippen molar-refractivity contribution in [1.29, 1.82) is 0 Å². The van der Waals surface area contributed by atoms with Crippen LogP contribution >= 0.6 is 0 Å². The summed E-state index contributed by atoms with van der Waals surface area (Å²) in [5.41, 5.74) is 5.16. The number of nitrogens with two attached hydrogens (primary N) is 1. The number of unbranched alkanes of at least 4 members (excludes halogenated alkanes) is 9. The zero-order chi connectivity index (χ0) is 19.0. The van der Waals surface area contributed by atoms with E-state index in [-0.39, 0.29) is 11.6 Å². The summed E-state index contributed by atoms with van der Waals surface area (Å²) in [5, 5.41) is 0. The molecule has 0 bridgehead atoms. The minimum Gasteiger partial charge on any atom is -0.460 e. The van der Waals surface area contributed by atoms with Crippen molar-refractivity contribution in [3.8, 4) is 0 Å². The molecule has 0 aliphatic rings. The molecule has 4 nitrogen and oxygen atoms in total. The Labute approximate surface area is 156 Å². The van der Waals surface area contributed by atoms with E-state index >= 15 is 0 Å². The summed E-state index contributed by atoms with van der Waals surface area (Å²) in [7, 11) is 1.98. The van der Waals surface area contributed by atoms with Gasteiger partial charge in [-0.25, -0.2) is 0 Å². The van der Waals surface area contributed by atoms with Crippen LogP contribution < -0.4 is 5.73 Å². The Hall–Kier alpha value is -0.610. The molecule has 0 aromatic carbocycles. The molecule has 0 aliphatic carbocycles. The topological polar surface area (TPSA) is 55.6 Å². The Morgan fingerprint density at radius 2 is 1.44 bits per heavy atom. The lowest BCUT2D eigenvalue weighted by Gasteiger charge is -2.26. The zero-order valence-corrected chi connectivity index (χ0v) is 17.4. The van der Waals surface area contributed by atoms with Crippen molar-refractivity contribution in [2.75, 3.05) is 26.7 Å². The van der Waals surface area contributed by atoms with Gasteiger partial charge in [-0.3, -0.25) is 4.79 Å². The SMILES string of the molecule is CCCCCCCCCCCCC(C)(C)OC(=O)CCN(C)CCN. The number of likely N-dealkylation sites (N-methyl/N-ethyl adjacent to an activating group) is 1. The van der Waals surface area contributed by atoms with Crippen LogP contribution in [0, 0.1) is 0 Å². The molecule has 0 rings (SSSR count). The lowest BCUT2D eigenvalue weighted by molar-refractivity contribution is -0.157. The van der Waals surface area contributed by atoms with Gasteiger partial charge in [-0.1, -0.05) is 64.7 Å². The van der Waals surface area contributed by atoms with Crippen molar-refractivity contribution in [2.45, 2.75) is 103 Å². The monoisotopic (exact) mass is 356 g/mol. The molecule has 25 heavy (non-hydrogen) atoms. The van der Waals surface area contributed by atoms with Crippen molar-refractivity contribution < 1.29 is 9.53 Å². The Kier molecular flexibility index (Phi) is 15.2. The predicted octanol–water partition coefficient (Wildman–Crippen LogP) is 4.90. The second-order valence-corrected chi connectivity index (χ2v) is 8.01. The number of esters is 1. The van der Waals surface area contributed by atoms with E-state index in [2.05, 4.69) is 11.8 Å². The van der Waals surface area contributed by atoms with Crippen LogP contribution in [0.15, 0.2) is 0 Å². The van der Waals surface area contributed by atoms with E-state index in [1.54, 1.807) is 0 Å². The van der Waals surface area contributed by atoms with Gasteiger partial charge in [0.25, 0.3) is 0 Å². The van der Waals surface area contributed by atoms with Crippen LogP contribution in [0.1, 0.15) is 97.8 Å². The Balaban J connectivity index is 3.61. The number of carbonyl (C=O) groups excluding carboxylic acids is 1. The fourth-order valence-corrected chi connectivity index (χ4v) is 3.06. The van der Waals surface area contributed by atoms with Gasteiger partial charge in [-0.2, -0.15) is 0 Å². The quantitative estimate of drug-likeness (QED) is 0.297. The largest absolute Gasteiger partial charge is 0.460 e. The Bertz CT molecular complexity index is 319. The molecular formula is C21H44N2O2. The first-order valence-corrected chi connectivity index (χ1v) is 10.5. The molecule has 0 amide bonds. The van der Waals surface area contributed by atoms with E-state index < -0.39 is 0 Å². The van der Waals surface area contributed by atoms with E-state index in [4.69, 9.17) is 10.5 Å². The Morgan fingerprint density at radius 3 is 1.96 bits per heavy atom. The molecule has 0 saturated carbocycles. The fourth-order valence-electron chi connectivity index (χ4n) is 3.06. The van der Waals surface area contributed by atoms with Crippen LogP contribution in [0.2, 0.25) is 0 Å². The third-order valence-corrected chi connectivity index (χ3v) is 4.73. The number of hydrogen-bond acceptors (Lipinski definition) is 4. The van der Waals surface area contributed by atoms with Gasteiger partial charge in [0.2, 0.25) is 0 Å². The molecule has 150 valence electrons. The number of hydrogen-bond donors (Lipinski definition) is 1. The van der Waals surface area contributed by atoms with Gasteiger partial charge in [-0.15, -0.1) is 0 Å². The number of rotatable bonds is 17. The smallest absolute Gasteiger partial charge is 0.307 e. The summed E-state index contributed by atoms with van der Waals surface area (Å²) in [6, 6.07) is 0. The molecule has 0 fully saturated rings. The molecule has 2 N–H and O–H groups in total. The van der Waals surface area contributed by atoms with Crippen molar-refractivity contribution >= 4 is 5.97 Å². The summed E-state index contributed by atoms with van der Waals surface area (Å²) in [6.45, 7) is 8.47. The maximum Gasteiger partial charge on any atom is 0.307 e. The van der Waals surface area contributed by atoms with E-state index in [9.17, 15) is 4.79 Å². The molecule has 4 heteroatoms. The predicted molar refractivity (Wildman–Crippen MR) is 108 cm³/mol. The molecule has 0 saturated heterocycles. The third-order valence-electron chi connectivity index (χ3n) is 4.73. The molecule has 0 unspecified atom stereocenters. The first-order chi connectivity index (χ1) is 11.9. The van der Waals surface area contributed by atoms with E-state index in [0.717, 1.165) is 19.4 Å². The van der Waals surface area contributed by atoms with Crippen molar-refractivity contribution in [3.63, 3.8) is 0 Å². The first-order valence-electron chi connectivity index (χ1n) is 10.5. The van der Waals surface area contributed by atoms with E-state index in [0.29, 0.717) is 19.5 Å². The Morgan fingerprint density at radius 1 is 0.920 bits per heavy atom. The minimum absolute atomic E-state index is 0.0963. The highest BCUT2D eigenvalue weighted by Crippen LogP contribution is 2.20. The third kappa shape index (κ3) is 16.6. The van der Waals surface area contributed by atoms with Crippen LogP contribution in [-0.2, 0) is 9.53 Å². The number of nitrogens with zero attached hydrogens (tertiary/aromatic N) is 1. The molecule has 0 aromatic rings. The molecule has 0 atom stereocenters. The number of ether oxygens (including phenoxy) is 1. The van der Waals surface area contributed by atoms with Crippen molar-refractivity contribution in [2.24, 2.45) is 5.73 Å². The summed E-state index contributed by atoms with van der Waals surface area (Å²) < 4.78 is 5.65. The molecule has 0 heterocycles. The summed E-state index contributed by atoms with van der Waals surface area (Å²) >= 11 is 0. The summed E-state index contributed by atoms with van der Waals surface area (Å²) in [4.78, 5) is 14.0. The highest BCUT2D eigenvalue weighted by molar-refractivity contribution is 5.70. The van der Waals surface area contributed by atoms with Gasteiger partial charge in [0.05, 0.1) is 6.42 Å². The highest BCUT2D eigenvalue weighted by Gasteiger charge is 2.22. The van der Waals surface area contributed by atoms with Crippen molar-refractivity contribution in [3.05, 3.63) is 0 Å². The van der Waals surface area contributed by atoms with Gasteiger partial charge >= 0.3 is 5.97 Å². The summed E-state index contributed by atoms with van der Waals surface area (Å²) in [5.74, 6) is -0.0963.